The van der Waals surface area contributed by atoms with Crippen LogP contribution in [0.4, 0.5) is 19.0 Å². The summed E-state index contributed by atoms with van der Waals surface area (Å²) in [4.78, 5) is 23.9. The molecule has 7 nitrogen and oxygen atoms in total. The number of nitrogens with zero attached hydrogens (tertiary/aromatic N) is 3. The van der Waals surface area contributed by atoms with Crippen LogP contribution in [0, 0.1) is 5.82 Å². The molecule has 2 aromatic heterocycles. The minimum atomic E-state index is -2.89. The van der Waals surface area contributed by atoms with E-state index in [0.717, 1.165) is 0 Å². The second-order valence-corrected chi connectivity index (χ2v) is 8.83. The third-order valence-electron chi connectivity index (χ3n) is 6.57. The summed E-state index contributed by atoms with van der Waals surface area (Å²) in [5.41, 5.74) is 1.46. The Balaban J connectivity index is 1.40. The van der Waals surface area contributed by atoms with Gasteiger partial charge in [0.1, 0.15) is 24.8 Å². The fraction of sp³-hybridized carbons (Fsp3) is 0.346. The molecule has 3 aromatic rings. The molecule has 1 saturated heterocycles. The number of halogens is 3. The van der Waals surface area contributed by atoms with E-state index >= 15 is 0 Å². The lowest BCUT2D eigenvalue weighted by Crippen LogP contribution is -2.52. The normalized spacial score (nSPS) is 19.3. The number of nitrogens with one attached hydrogen (secondary N) is 1. The zero-order valence-corrected chi connectivity index (χ0v) is 19.9. The highest BCUT2D eigenvalue weighted by Crippen LogP contribution is 2.40. The molecule has 10 heteroatoms. The number of aromatic nitrogens is 2. The van der Waals surface area contributed by atoms with E-state index in [1.807, 2.05) is 0 Å². The molecule has 1 aliphatic heterocycles. The summed E-state index contributed by atoms with van der Waals surface area (Å²) in [6, 6.07) is 11.2. The Labute approximate surface area is 207 Å². The summed E-state index contributed by atoms with van der Waals surface area (Å²) in [5, 5.41) is 13.2. The largest absolute Gasteiger partial charge is 0.384 e. The third-order valence-corrected chi connectivity index (χ3v) is 6.57. The van der Waals surface area contributed by atoms with Gasteiger partial charge in [0.2, 0.25) is 18.3 Å². The summed E-state index contributed by atoms with van der Waals surface area (Å²) in [6.07, 6.45) is 3.21. The van der Waals surface area contributed by atoms with Gasteiger partial charge in [0.15, 0.2) is 0 Å². The molecule has 2 N–H and O–H groups in total. The van der Waals surface area contributed by atoms with Crippen molar-refractivity contribution in [2.45, 2.75) is 37.3 Å². The van der Waals surface area contributed by atoms with Crippen molar-refractivity contribution < 1.29 is 32.6 Å². The number of anilines is 1. The highest BCUT2D eigenvalue weighted by Gasteiger charge is 2.46. The molecule has 1 aliphatic rings. The summed E-state index contributed by atoms with van der Waals surface area (Å²) < 4.78 is 44.0. The molecule has 0 spiro atoms. The van der Waals surface area contributed by atoms with Crippen molar-refractivity contribution in [2.24, 2.45) is 0 Å². The molecule has 0 radical (unpaired) electrons. The Bertz CT molecular complexity index is 1170. The number of benzene rings is 1. The van der Waals surface area contributed by atoms with Crippen LogP contribution >= 0.6 is 0 Å². The van der Waals surface area contributed by atoms with Gasteiger partial charge in [0.05, 0.1) is 12.0 Å². The fourth-order valence-electron chi connectivity index (χ4n) is 4.28. The molecule has 1 aromatic carbocycles. The summed E-state index contributed by atoms with van der Waals surface area (Å²) in [7, 11) is 1.48. The zero-order valence-electron chi connectivity index (χ0n) is 19.9. The molecule has 1 amide bonds. The molecule has 36 heavy (non-hydrogen) atoms. The van der Waals surface area contributed by atoms with E-state index in [1.54, 1.807) is 48.5 Å². The number of aliphatic hydroxyl groups excluding tert-OH is 1. The van der Waals surface area contributed by atoms with Gasteiger partial charge in [-0.15, -0.1) is 0 Å². The number of hydrogen-bond donors (Lipinski definition) is 2. The Morgan fingerprint density at radius 3 is 2.44 bits per heavy atom. The molecule has 0 bridgehead atoms. The van der Waals surface area contributed by atoms with Crippen LogP contribution in [0.25, 0.3) is 0 Å². The second-order valence-electron chi connectivity index (χ2n) is 8.83. The van der Waals surface area contributed by atoms with Crippen molar-refractivity contribution in [3.05, 3.63) is 89.6 Å². The lowest BCUT2D eigenvalue weighted by atomic mass is 9.87. The molecule has 2 unspecified atom stereocenters. The van der Waals surface area contributed by atoms with Gasteiger partial charge in [0, 0.05) is 48.1 Å². The Morgan fingerprint density at radius 2 is 1.83 bits per heavy atom. The summed E-state index contributed by atoms with van der Waals surface area (Å²) in [5.74, 6) is -4.45. The van der Waals surface area contributed by atoms with Crippen molar-refractivity contribution in [3.8, 4) is 0 Å². The topological polar surface area (TPSA) is 78.6 Å². The predicted molar refractivity (Wildman–Crippen MR) is 126 cm³/mol. The minimum absolute atomic E-state index is 0.0226. The van der Waals surface area contributed by atoms with Crippen LogP contribution in [0.3, 0.4) is 0 Å². The van der Waals surface area contributed by atoms with Gasteiger partial charge < -0.3 is 10.4 Å². The van der Waals surface area contributed by atoms with Crippen molar-refractivity contribution in [3.63, 3.8) is 0 Å². The Hall–Kier alpha value is -3.50. The van der Waals surface area contributed by atoms with Crippen LogP contribution in [-0.4, -0.2) is 53.1 Å². The van der Waals surface area contributed by atoms with E-state index < -0.39 is 29.8 Å². The Morgan fingerprint density at radius 1 is 1.17 bits per heavy atom. The standard InChI is InChI=1S/C26H27F3N4O3/c1-17(32-14-11-26(28,29)22(16-32)18-9-12-33(36-2)13-10-18)25(35)31-23-8-5-20(15-30-23)24(34)19-3-6-21(27)7-4-19/h3-10,12-13,15,17,22,24,34H,11,14,16H2,1-2H3/p+1/t17?,22-,24?/m1/s1. The summed E-state index contributed by atoms with van der Waals surface area (Å²) in [6.45, 7) is 1.78. The van der Waals surface area contributed by atoms with Crippen molar-refractivity contribution in [1.82, 2.24) is 9.88 Å². The first kappa shape index (κ1) is 25.6. The van der Waals surface area contributed by atoms with Gasteiger partial charge in [-0.05, 0) is 36.2 Å². The second kappa shape index (κ2) is 10.6. The number of carbonyl (C=O) groups excluding carboxylic acids is 1. The van der Waals surface area contributed by atoms with Crippen LogP contribution in [0.1, 0.15) is 42.1 Å². The van der Waals surface area contributed by atoms with Crippen LogP contribution in [0.5, 0.6) is 0 Å². The number of likely N-dealkylation sites (tertiary alicyclic amines) is 1. The van der Waals surface area contributed by atoms with Crippen molar-refractivity contribution >= 4 is 11.7 Å². The number of alkyl halides is 2. The van der Waals surface area contributed by atoms with E-state index in [0.29, 0.717) is 16.7 Å². The van der Waals surface area contributed by atoms with Crippen molar-refractivity contribution in [2.75, 3.05) is 25.5 Å². The molecule has 190 valence electrons. The fourth-order valence-corrected chi connectivity index (χ4v) is 4.28. The molecular formula is C26H28F3N4O3+. The summed E-state index contributed by atoms with van der Waals surface area (Å²) >= 11 is 0. The average Bonchev–Trinajstić information content (AvgIpc) is 2.89. The number of piperidine rings is 1. The number of aliphatic hydroxyl groups is 1. The minimum Gasteiger partial charge on any atom is -0.384 e. The number of carbonyl (C=O) groups is 1. The number of pyridine rings is 2. The van der Waals surface area contributed by atoms with Crippen LogP contribution in [-0.2, 0) is 4.79 Å². The van der Waals surface area contributed by atoms with E-state index in [9.17, 15) is 23.1 Å². The van der Waals surface area contributed by atoms with E-state index in [2.05, 4.69) is 10.3 Å². The lowest BCUT2D eigenvalue weighted by Gasteiger charge is -2.40. The van der Waals surface area contributed by atoms with Crippen LogP contribution in [0.15, 0.2) is 67.1 Å². The maximum atomic E-state index is 14.8. The van der Waals surface area contributed by atoms with Crippen LogP contribution in [0.2, 0.25) is 0 Å². The molecule has 3 atom stereocenters. The highest BCUT2D eigenvalue weighted by atomic mass is 19.3. The Kier molecular flexibility index (Phi) is 7.56. The number of amides is 1. The molecule has 0 aliphatic carbocycles. The maximum absolute atomic E-state index is 14.8. The number of hydrogen-bond acceptors (Lipinski definition) is 5. The monoisotopic (exact) mass is 501 g/mol. The zero-order chi connectivity index (χ0) is 25.9. The van der Waals surface area contributed by atoms with E-state index in [4.69, 9.17) is 4.84 Å². The first-order valence-corrected chi connectivity index (χ1v) is 11.6. The number of rotatable bonds is 7. The lowest BCUT2D eigenvalue weighted by molar-refractivity contribution is -0.885. The molecular weight excluding hydrogens is 473 g/mol. The van der Waals surface area contributed by atoms with Crippen molar-refractivity contribution in [1.29, 1.82) is 0 Å². The van der Waals surface area contributed by atoms with Gasteiger partial charge in [-0.25, -0.2) is 18.2 Å². The predicted octanol–water partition coefficient (Wildman–Crippen LogP) is 3.10. The van der Waals surface area contributed by atoms with Gasteiger partial charge in [-0.1, -0.05) is 18.2 Å². The smallest absolute Gasteiger partial charge is 0.257 e. The van der Waals surface area contributed by atoms with Crippen LogP contribution < -0.4 is 14.9 Å². The molecule has 3 heterocycles. The third kappa shape index (κ3) is 5.66. The van der Waals surface area contributed by atoms with Gasteiger partial charge in [-0.3, -0.25) is 14.5 Å². The molecule has 0 saturated carbocycles. The highest BCUT2D eigenvalue weighted by molar-refractivity contribution is 5.93. The molecule has 1 fully saturated rings. The SMILES string of the molecule is CO[n+]1ccc([C@H]2CN(C(C)C(=O)Nc3ccc(C(O)c4ccc(F)cc4)cn3)CCC2(F)F)cc1. The van der Waals surface area contributed by atoms with Gasteiger partial charge in [-0.2, -0.15) is 0 Å². The first-order chi connectivity index (χ1) is 17.2. The first-order valence-electron chi connectivity index (χ1n) is 11.6. The average molecular weight is 502 g/mol. The van der Waals surface area contributed by atoms with Gasteiger partial charge >= 0.3 is 0 Å². The maximum Gasteiger partial charge on any atom is 0.257 e. The van der Waals surface area contributed by atoms with E-state index in [1.165, 1.54) is 42.3 Å². The molecule has 4 rings (SSSR count). The van der Waals surface area contributed by atoms with E-state index in [-0.39, 0.29) is 31.2 Å². The quantitative estimate of drug-likeness (QED) is 0.487. The van der Waals surface area contributed by atoms with Gasteiger partial charge in [0.25, 0.3) is 5.92 Å².